The van der Waals surface area contributed by atoms with Crippen LogP contribution in [0.4, 0.5) is 0 Å². The van der Waals surface area contributed by atoms with E-state index in [0.717, 1.165) is 10.9 Å². The van der Waals surface area contributed by atoms with Gasteiger partial charge in [0, 0.05) is 5.39 Å². The zero-order valence-corrected chi connectivity index (χ0v) is 12.6. The lowest BCUT2D eigenvalue weighted by atomic mass is 9.75. The first kappa shape index (κ1) is 14.8. The van der Waals surface area contributed by atoms with E-state index in [4.69, 9.17) is 8.83 Å². The predicted octanol–water partition coefficient (Wildman–Crippen LogP) is 1.97. The van der Waals surface area contributed by atoms with Crippen molar-refractivity contribution in [1.29, 1.82) is 0 Å². The number of hydrogen-bond donors (Lipinski definition) is 3. The summed E-state index contributed by atoms with van der Waals surface area (Å²) < 4.78 is 10.8. The quantitative estimate of drug-likeness (QED) is 0.488. The summed E-state index contributed by atoms with van der Waals surface area (Å²) in [5.41, 5.74) is 2.98. The fraction of sp³-hybridized carbons (Fsp3) is 0.118. The normalized spacial score (nSPS) is 12.8. The van der Waals surface area contributed by atoms with Crippen LogP contribution in [0.3, 0.4) is 0 Å². The van der Waals surface area contributed by atoms with Crippen molar-refractivity contribution in [3.05, 3.63) is 59.9 Å². The Morgan fingerprint density at radius 3 is 2.71 bits per heavy atom. The monoisotopic (exact) mass is 323 g/mol. The molecule has 0 aliphatic carbocycles. The van der Waals surface area contributed by atoms with Gasteiger partial charge >= 0.3 is 7.12 Å². The number of carbonyl (C=O) groups is 1. The molecule has 6 nitrogen and oxygen atoms in total. The minimum Gasteiger partial charge on any atom is -0.464 e. The lowest BCUT2D eigenvalue weighted by molar-refractivity contribution is 0.0943. The highest BCUT2D eigenvalue weighted by molar-refractivity contribution is 6.44. The molecule has 0 saturated carbocycles. The van der Waals surface area contributed by atoms with Crippen molar-refractivity contribution < 1.29 is 23.7 Å². The van der Waals surface area contributed by atoms with Gasteiger partial charge in [-0.3, -0.25) is 4.79 Å². The first-order valence-corrected chi connectivity index (χ1v) is 7.56. The third kappa shape index (κ3) is 2.53. The van der Waals surface area contributed by atoms with Gasteiger partial charge in [0.2, 0.25) is 0 Å². The Morgan fingerprint density at radius 2 is 2.00 bits per heavy atom. The van der Waals surface area contributed by atoms with Crippen LogP contribution in [0.5, 0.6) is 0 Å². The summed E-state index contributed by atoms with van der Waals surface area (Å²) in [6.45, 7) is 0. The summed E-state index contributed by atoms with van der Waals surface area (Å²) in [6.07, 6.45) is 1.80. The minimum absolute atomic E-state index is 0.232. The van der Waals surface area contributed by atoms with Crippen LogP contribution in [0, 0.1) is 0 Å². The topological polar surface area (TPSA) is 95.8 Å². The summed E-state index contributed by atoms with van der Waals surface area (Å²) in [6, 6.07) is 12.6. The lowest BCUT2D eigenvalue weighted by Gasteiger charge is -2.17. The predicted molar refractivity (Wildman–Crippen MR) is 88.8 cm³/mol. The smallest absolute Gasteiger partial charge is 0.464 e. The van der Waals surface area contributed by atoms with Gasteiger partial charge in [0.1, 0.15) is 16.7 Å². The second-order valence-corrected chi connectivity index (χ2v) is 5.71. The van der Waals surface area contributed by atoms with Gasteiger partial charge in [-0.05, 0) is 36.2 Å². The Kier molecular flexibility index (Phi) is 3.52. The number of para-hydroxylation sites is 1. The van der Waals surface area contributed by atoms with Gasteiger partial charge in [0.25, 0.3) is 5.91 Å². The molecule has 0 aliphatic heterocycles. The van der Waals surface area contributed by atoms with E-state index >= 15 is 0 Å². The SMILES string of the molecule is O=C(N[C@H](Cc1coc2ccccc12)B(O)O)c1cc2ccc1o2. The minimum atomic E-state index is -1.70. The van der Waals surface area contributed by atoms with Crippen LogP contribution < -0.4 is 5.32 Å². The second kappa shape index (κ2) is 5.70. The van der Waals surface area contributed by atoms with Crippen molar-refractivity contribution >= 4 is 35.2 Å². The van der Waals surface area contributed by atoms with Gasteiger partial charge in [-0.2, -0.15) is 0 Å². The molecule has 4 rings (SSSR count). The van der Waals surface area contributed by atoms with E-state index in [1.54, 1.807) is 24.5 Å². The summed E-state index contributed by atoms with van der Waals surface area (Å²) in [5.74, 6) is -1.27. The number of furan rings is 3. The fourth-order valence-electron chi connectivity index (χ4n) is 2.87. The number of hydrogen-bond acceptors (Lipinski definition) is 5. The highest BCUT2D eigenvalue weighted by Gasteiger charge is 2.28. The van der Waals surface area contributed by atoms with E-state index in [9.17, 15) is 14.8 Å². The molecule has 4 aromatic rings. The van der Waals surface area contributed by atoms with E-state index < -0.39 is 19.0 Å². The van der Waals surface area contributed by atoms with Gasteiger partial charge in [0.15, 0.2) is 0 Å². The van der Waals surface area contributed by atoms with E-state index in [0.29, 0.717) is 22.3 Å². The number of carbonyl (C=O) groups excluding carboxylic acids is 1. The maximum absolute atomic E-state index is 12.4. The second-order valence-electron chi connectivity index (χ2n) is 5.71. The Hall–Kier alpha value is -2.77. The number of benzene rings is 2. The molecular weight excluding hydrogens is 309 g/mol. The van der Waals surface area contributed by atoms with E-state index in [2.05, 4.69) is 5.32 Å². The highest BCUT2D eigenvalue weighted by Crippen LogP contribution is 2.24. The molecule has 0 radical (unpaired) electrons. The third-order valence-electron chi connectivity index (χ3n) is 4.10. The molecule has 0 unspecified atom stereocenters. The standard InChI is InChI=1S/C17H14BNO5/c20-17(13-8-11-5-6-15(13)24-11)19-16(18(21)22)7-10-9-23-14-4-2-1-3-12(10)14/h1-6,8-9,16,21-22H,7H2,(H,19,20)/t16-/m1/s1. The van der Waals surface area contributed by atoms with Crippen LogP contribution in [0.15, 0.2) is 57.6 Å². The number of nitrogens with one attached hydrogen (secondary N) is 1. The Bertz CT molecular complexity index is 989. The molecule has 1 atom stereocenters. The first-order chi connectivity index (χ1) is 11.6. The number of fused-ring (bicyclic) bond motifs is 3. The molecule has 0 aliphatic rings. The summed E-state index contributed by atoms with van der Waals surface area (Å²) in [5, 5.41) is 22.8. The largest absolute Gasteiger partial charge is 0.475 e. The van der Waals surface area contributed by atoms with E-state index in [-0.39, 0.29) is 6.42 Å². The molecule has 3 aromatic heterocycles. The van der Waals surface area contributed by atoms with Crippen LogP contribution in [0.2, 0.25) is 0 Å². The van der Waals surface area contributed by atoms with Gasteiger partial charge in [-0.1, -0.05) is 18.2 Å². The molecule has 2 bridgehead atoms. The van der Waals surface area contributed by atoms with Gasteiger partial charge in [-0.25, -0.2) is 0 Å². The van der Waals surface area contributed by atoms with E-state index in [1.165, 1.54) is 0 Å². The zero-order valence-electron chi connectivity index (χ0n) is 12.6. The van der Waals surface area contributed by atoms with Crippen molar-refractivity contribution in [2.75, 3.05) is 0 Å². The van der Waals surface area contributed by atoms with Gasteiger partial charge in [0.05, 0.1) is 17.8 Å². The Balaban J connectivity index is 1.56. The van der Waals surface area contributed by atoms with Crippen molar-refractivity contribution in [3.8, 4) is 0 Å². The number of rotatable bonds is 5. The maximum atomic E-state index is 12.4. The zero-order chi connectivity index (χ0) is 16.7. The summed E-state index contributed by atoms with van der Waals surface area (Å²) >= 11 is 0. The van der Waals surface area contributed by atoms with Crippen LogP contribution in [0.1, 0.15) is 15.9 Å². The fourth-order valence-corrected chi connectivity index (χ4v) is 2.87. The molecule has 0 fully saturated rings. The van der Waals surface area contributed by atoms with E-state index in [1.807, 2.05) is 24.3 Å². The number of amides is 1. The molecule has 0 spiro atoms. The van der Waals surface area contributed by atoms with Crippen molar-refractivity contribution in [2.24, 2.45) is 0 Å². The average molecular weight is 323 g/mol. The molecule has 120 valence electrons. The molecular formula is C17H14BNO5. The third-order valence-corrected chi connectivity index (χ3v) is 4.10. The first-order valence-electron chi connectivity index (χ1n) is 7.56. The summed E-state index contributed by atoms with van der Waals surface area (Å²) in [7, 11) is -1.70. The maximum Gasteiger partial charge on any atom is 0.475 e. The molecule has 24 heavy (non-hydrogen) atoms. The molecule has 0 saturated heterocycles. The van der Waals surface area contributed by atoms with Crippen molar-refractivity contribution in [3.63, 3.8) is 0 Å². The average Bonchev–Trinajstić information content (AvgIpc) is 3.29. The Morgan fingerprint density at radius 1 is 1.17 bits per heavy atom. The molecule has 3 heterocycles. The lowest BCUT2D eigenvalue weighted by Crippen LogP contribution is -2.47. The van der Waals surface area contributed by atoms with Crippen LogP contribution in [-0.4, -0.2) is 29.0 Å². The van der Waals surface area contributed by atoms with Crippen LogP contribution in [0.25, 0.3) is 22.1 Å². The molecule has 1 amide bonds. The van der Waals surface area contributed by atoms with Gasteiger partial charge < -0.3 is 24.2 Å². The van der Waals surface area contributed by atoms with Crippen molar-refractivity contribution in [1.82, 2.24) is 5.32 Å². The highest BCUT2D eigenvalue weighted by atomic mass is 16.4. The van der Waals surface area contributed by atoms with Crippen LogP contribution >= 0.6 is 0 Å². The van der Waals surface area contributed by atoms with Crippen molar-refractivity contribution in [2.45, 2.75) is 12.4 Å². The molecule has 3 N–H and O–H groups in total. The summed E-state index contributed by atoms with van der Waals surface area (Å²) in [4.78, 5) is 12.4. The molecule has 7 heteroatoms. The Labute approximate surface area is 137 Å². The molecule has 1 aromatic carbocycles. The van der Waals surface area contributed by atoms with Gasteiger partial charge in [-0.15, -0.1) is 0 Å². The van der Waals surface area contributed by atoms with Crippen LogP contribution in [-0.2, 0) is 6.42 Å².